The number of urea groups is 1. The highest BCUT2D eigenvalue weighted by Gasteiger charge is 2.55. The van der Waals surface area contributed by atoms with Gasteiger partial charge < -0.3 is 14.8 Å². The second kappa shape index (κ2) is 10.6. The summed E-state index contributed by atoms with van der Waals surface area (Å²) in [5.74, 6) is 1.27. The van der Waals surface area contributed by atoms with Crippen molar-refractivity contribution in [1.29, 1.82) is 0 Å². The minimum atomic E-state index is -0.955. The number of hydrogen-bond donors (Lipinski definition) is 2. The number of nitrogens with one attached hydrogen (secondary N) is 1. The predicted molar refractivity (Wildman–Crippen MR) is 134 cm³/mol. The molecule has 1 aromatic carbocycles. The van der Waals surface area contributed by atoms with Crippen LogP contribution < -0.4 is 5.32 Å². The Morgan fingerprint density at radius 1 is 1.00 bits per heavy atom. The third kappa shape index (κ3) is 5.05. The van der Waals surface area contributed by atoms with E-state index in [1.165, 1.54) is 4.90 Å². The number of aromatic nitrogens is 1. The van der Waals surface area contributed by atoms with Gasteiger partial charge in [0.25, 0.3) is 5.91 Å². The number of hydrogen-bond acceptors (Lipinski definition) is 6. The molecule has 2 N–H and O–H groups in total. The van der Waals surface area contributed by atoms with Gasteiger partial charge in [-0.1, -0.05) is 36.4 Å². The highest BCUT2D eigenvalue weighted by molar-refractivity contribution is 6.07. The van der Waals surface area contributed by atoms with Crippen LogP contribution in [0.5, 0.6) is 0 Å². The van der Waals surface area contributed by atoms with Crippen LogP contribution in [0, 0.1) is 5.92 Å². The van der Waals surface area contributed by atoms with Gasteiger partial charge in [-0.05, 0) is 61.7 Å². The SMILES string of the molecule is O=C1N[C@](Cc2ccccc2)(C2CCN(Cc3ccc(CO)o3)CC2)C(=O)N1CCc1ccccn1. The summed E-state index contributed by atoms with van der Waals surface area (Å²) in [5, 5.41) is 12.4. The standard InChI is InChI=1S/C28H32N4O4/c33-20-25-10-9-24(36-25)19-31-15-11-22(12-16-31)28(18-21-6-2-1-3-7-21)26(34)32(27(35)30-28)17-13-23-8-4-5-14-29-23/h1-10,14,22,33H,11-13,15-20H2,(H,30,35)/t28-/m1/s1. The molecule has 4 heterocycles. The molecule has 2 saturated heterocycles. The fraction of sp³-hybridized carbons (Fsp3) is 0.393. The van der Waals surface area contributed by atoms with Gasteiger partial charge in [0.1, 0.15) is 23.7 Å². The van der Waals surface area contributed by atoms with Crippen molar-refractivity contribution in [1.82, 2.24) is 20.1 Å². The van der Waals surface area contributed by atoms with Crippen molar-refractivity contribution in [2.24, 2.45) is 5.92 Å². The molecule has 36 heavy (non-hydrogen) atoms. The Morgan fingerprint density at radius 2 is 1.75 bits per heavy atom. The van der Waals surface area contributed by atoms with Crippen molar-refractivity contribution in [3.05, 3.63) is 89.6 Å². The van der Waals surface area contributed by atoms with E-state index >= 15 is 0 Å². The summed E-state index contributed by atoms with van der Waals surface area (Å²) in [7, 11) is 0. The molecule has 2 aromatic heterocycles. The number of aliphatic hydroxyl groups is 1. The van der Waals surface area contributed by atoms with E-state index in [0.717, 1.165) is 42.9 Å². The minimum absolute atomic E-state index is 0.0230. The first-order valence-electron chi connectivity index (χ1n) is 12.6. The Balaban J connectivity index is 1.31. The van der Waals surface area contributed by atoms with Crippen LogP contribution >= 0.6 is 0 Å². The van der Waals surface area contributed by atoms with E-state index in [-0.39, 0.29) is 24.5 Å². The van der Waals surface area contributed by atoms with E-state index in [2.05, 4.69) is 15.2 Å². The van der Waals surface area contributed by atoms with Gasteiger partial charge in [0.15, 0.2) is 0 Å². The van der Waals surface area contributed by atoms with Crippen molar-refractivity contribution >= 4 is 11.9 Å². The largest absolute Gasteiger partial charge is 0.462 e. The maximum Gasteiger partial charge on any atom is 0.325 e. The van der Waals surface area contributed by atoms with E-state index in [4.69, 9.17) is 4.42 Å². The fourth-order valence-electron chi connectivity index (χ4n) is 5.48. The zero-order valence-corrected chi connectivity index (χ0v) is 20.3. The average Bonchev–Trinajstić information content (AvgIpc) is 3.46. The van der Waals surface area contributed by atoms with Crippen LogP contribution in [0.1, 0.15) is 35.6 Å². The molecule has 0 spiro atoms. The number of amides is 3. The summed E-state index contributed by atoms with van der Waals surface area (Å²) in [6.45, 7) is 2.46. The number of rotatable bonds is 9. The first-order chi connectivity index (χ1) is 17.6. The molecule has 0 radical (unpaired) electrons. The number of carbonyl (C=O) groups is 2. The number of piperidine rings is 1. The number of benzene rings is 1. The van der Waals surface area contributed by atoms with Crippen molar-refractivity contribution in [3.63, 3.8) is 0 Å². The molecule has 2 aliphatic rings. The lowest BCUT2D eigenvalue weighted by atomic mass is 9.74. The summed E-state index contributed by atoms with van der Waals surface area (Å²) in [5.41, 5.74) is 0.935. The van der Waals surface area contributed by atoms with E-state index in [1.54, 1.807) is 12.3 Å². The molecule has 188 valence electrons. The highest BCUT2D eigenvalue weighted by atomic mass is 16.4. The summed E-state index contributed by atoms with van der Waals surface area (Å²) in [4.78, 5) is 35.1. The van der Waals surface area contributed by atoms with E-state index in [9.17, 15) is 14.7 Å². The Kier molecular flexibility index (Phi) is 7.16. The lowest BCUT2D eigenvalue weighted by Crippen LogP contribution is -2.57. The molecule has 3 aromatic rings. The molecule has 1 atom stereocenters. The van der Waals surface area contributed by atoms with Gasteiger partial charge in [-0.2, -0.15) is 0 Å². The molecule has 3 amide bonds. The van der Waals surface area contributed by atoms with Crippen LogP contribution in [-0.4, -0.2) is 57.0 Å². The second-order valence-corrected chi connectivity index (χ2v) is 9.67. The summed E-state index contributed by atoms with van der Waals surface area (Å²) in [6, 6.07) is 19.0. The number of carbonyl (C=O) groups excluding carboxylic acids is 2. The number of imide groups is 1. The molecule has 5 rings (SSSR count). The van der Waals surface area contributed by atoms with Crippen molar-refractivity contribution in [2.75, 3.05) is 19.6 Å². The number of likely N-dealkylation sites (tertiary alicyclic amines) is 1. The van der Waals surface area contributed by atoms with Gasteiger partial charge in [0.05, 0.1) is 6.54 Å². The molecular formula is C28H32N4O4. The Hall–Kier alpha value is -3.49. The summed E-state index contributed by atoms with van der Waals surface area (Å²) < 4.78 is 5.66. The lowest BCUT2D eigenvalue weighted by Gasteiger charge is -2.41. The summed E-state index contributed by atoms with van der Waals surface area (Å²) >= 11 is 0. The van der Waals surface area contributed by atoms with Crippen molar-refractivity contribution in [3.8, 4) is 0 Å². The summed E-state index contributed by atoms with van der Waals surface area (Å²) in [6.07, 6.45) is 4.31. The smallest absolute Gasteiger partial charge is 0.325 e. The third-order valence-electron chi connectivity index (χ3n) is 7.38. The Labute approximate surface area is 210 Å². The number of pyridine rings is 1. The van der Waals surface area contributed by atoms with Crippen LogP contribution in [0.25, 0.3) is 0 Å². The molecule has 8 heteroatoms. The molecular weight excluding hydrogens is 456 g/mol. The molecule has 0 bridgehead atoms. The van der Waals surface area contributed by atoms with Gasteiger partial charge in [0.2, 0.25) is 0 Å². The van der Waals surface area contributed by atoms with Crippen LogP contribution in [0.2, 0.25) is 0 Å². The van der Waals surface area contributed by atoms with Crippen LogP contribution in [0.4, 0.5) is 4.79 Å². The van der Waals surface area contributed by atoms with E-state index in [1.807, 2.05) is 54.6 Å². The quantitative estimate of drug-likeness (QED) is 0.449. The fourth-order valence-corrected chi connectivity index (χ4v) is 5.48. The van der Waals surface area contributed by atoms with Crippen LogP contribution in [0.15, 0.2) is 71.3 Å². The van der Waals surface area contributed by atoms with Gasteiger partial charge in [0, 0.05) is 31.3 Å². The minimum Gasteiger partial charge on any atom is -0.462 e. The normalized spacial score (nSPS) is 21.2. The zero-order chi connectivity index (χ0) is 25.0. The molecule has 2 fully saturated rings. The van der Waals surface area contributed by atoms with Gasteiger partial charge in [-0.15, -0.1) is 0 Å². The van der Waals surface area contributed by atoms with Gasteiger partial charge in [-0.25, -0.2) is 4.79 Å². The van der Waals surface area contributed by atoms with Crippen molar-refractivity contribution in [2.45, 2.75) is 44.4 Å². The average molecular weight is 489 g/mol. The maximum atomic E-state index is 13.9. The molecule has 0 aliphatic carbocycles. The van der Waals surface area contributed by atoms with E-state index in [0.29, 0.717) is 31.7 Å². The number of nitrogens with zero attached hydrogens (tertiary/aromatic N) is 3. The number of furan rings is 1. The molecule has 8 nitrogen and oxygen atoms in total. The lowest BCUT2D eigenvalue weighted by molar-refractivity contribution is -0.134. The molecule has 0 saturated carbocycles. The molecule has 0 unspecified atom stereocenters. The zero-order valence-electron chi connectivity index (χ0n) is 20.3. The monoisotopic (exact) mass is 488 g/mol. The Morgan fingerprint density at radius 3 is 2.44 bits per heavy atom. The topological polar surface area (TPSA) is 98.9 Å². The highest BCUT2D eigenvalue weighted by Crippen LogP contribution is 2.37. The predicted octanol–water partition coefficient (Wildman–Crippen LogP) is 3.15. The van der Waals surface area contributed by atoms with Gasteiger partial charge in [-0.3, -0.25) is 19.6 Å². The van der Waals surface area contributed by atoms with Crippen molar-refractivity contribution < 1.29 is 19.1 Å². The van der Waals surface area contributed by atoms with Gasteiger partial charge >= 0.3 is 6.03 Å². The first-order valence-corrected chi connectivity index (χ1v) is 12.6. The second-order valence-electron chi connectivity index (χ2n) is 9.67. The van der Waals surface area contributed by atoms with Crippen LogP contribution in [-0.2, 0) is 30.8 Å². The van der Waals surface area contributed by atoms with Crippen LogP contribution in [0.3, 0.4) is 0 Å². The first kappa shape index (κ1) is 24.2. The third-order valence-corrected chi connectivity index (χ3v) is 7.38. The van der Waals surface area contributed by atoms with E-state index < -0.39 is 5.54 Å². The maximum absolute atomic E-state index is 13.9. The molecule has 2 aliphatic heterocycles. The Bertz CT molecular complexity index is 1170. The number of aliphatic hydroxyl groups excluding tert-OH is 1.